The molecule has 7 heteroatoms. The summed E-state index contributed by atoms with van der Waals surface area (Å²) in [6, 6.07) is 14.3. The second kappa shape index (κ2) is 10.8. The maximum Gasteiger partial charge on any atom is 0.317 e. The predicted molar refractivity (Wildman–Crippen MR) is 123 cm³/mol. The molecular formula is C23H32N4O2S. The number of carbonyl (C=O) groups is 1. The van der Waals surface area contributed by atoms with Gasteiger partial charge < -0.3 is 15.3 Å². The molecule has 162 valence electrons. The molecule has 2 aliphatic rings. The molecule has 2 aromatic rings. The van der Waals surface area contributed by atoms with Gasteiger partial charge >= 0.3 is 6.03 Å². The first-order chi connectivity index (χ1) is 14.2. The standard InChI is InChI=1S/C23H30N4O2.H2S/c28-21(17-26-13-10-18-6-1-2-7-19(18)15-26)14-25-23(29)27-12-5-8-20(16-27)22-9-3-4-11-24-22;/h1-4,6-7,9,11,20-21,28H,5,8,10,12-17H2,(H,25,29);1H2/t20?,21-;/m0./s1. The average Bonchev–Trinajstić information content (AvgIpc) is 2.78. The largest absolute Gasteiger partial charge is 0.390 e. The molecule has 0 saturated carbocycles. The summed E-state index contributed by atoms with van der Waals surface area (Å²) in [4.78, 5) is 21.2. The number of fused-ring (bicyclic) bond motifs is 1. The summed E-state index contributed by atoms with van der Waals surface area (Å²) in [5.74, 6) is 0.286. The Morgan fingerprint density at radius 3 is 2.77 bits per heavy atom. The van der Waals surface area contributed by atoms with Crippen LogP contribution >= 0.6 is 13.5 Å². The van der Waals surface area contributed by atoms with E-state index in [9.17, 15) is 9.90 Å². The van der Waals surface area contributed by atoms with E-state index in [2.05, 4.69) is 39.5 Å². The van der Waals surface area contributed by atoms with Crippen LogP contribution in [0.4, 0.5) is 4.79 Å². The van der Waals surface area contributed by atoms with Gasteiger partial charge in [0.15, 0.2) is 0 Å². The highest BCUT2D eigenvalue weighted by Gasteiger charge is 2.26. The van der Waals surface area contributed by atoms with Crippen molar-refractivity contribution in [2.24, 2.45) is 0 Å². The van der Waals surface area contributed by atoms with Gasteiger partial charge in [-0.15, -0.1) is 0 Å². The van der Waals surface area contributed by atoms with Gasteiger partial charge in [-0.3, -0.25) is 9.88 Å². The SMILES string of the molecule is O=C(NC[C@H](O)CN1CCc2ccccc2C1)N1CCCC(c2ccccn2)C1.S. The molecule has 4 rings (SSSR count). The molecular weight excluding hydrogens is 396 g/mol. The molecule has 1 unspecified atom stereocenters. The molecule has 1 aromatic carbocycles. The van der Waals surface area contributed by atoms with Crippen molar-refractivity contribution in [1.82, 2.24) is 20.1 Å². The van der Waals surface area contributed by atoms with Crippen molar-refractivity contribution in [2.75, 3.05) is 32.7 Å². The highest BCUT2D eigenvalue weighted by Crippen LogP contribution is 2.25. The third-order valence-corrected chi connectivity index (χ3v) is 5.98. The molecule has 30 heavy (non-hydrogen) atoms. The quantitative estimate of drug-likeness (QED) is 0.768. The van der Waals surface area contributed by atoms with E-state index in [0.717, 1.165) is 44.6 Å². The zero-order valence-corrected chi connectivity index (χ0v) is 18.3. The number of aliphatic hydroxyl groups excluding tert-OH is 1. The number of aromatic nitrogens is 1. The average molecular weight is 429 g/mol. The van der Waals surface area contributed by atoms with Gasteiger partial charge in [0.25, 0.3) is 0 Å². The normalized spacial score (nSPS) is 20.0. The molecule has 1 fully saturated rings. The Kier molecular flexibility index (Phi) is 8.13. The number of carbonyl (C=O) groups excluding carboxylic acids is 1. The Hall–Kier alpha value is -2.09. The van der Waals surface area contributed by atoms with Crippen LogP contribution < -0.4 is 5.32 Å². The highest BCUT2D eigenvalue weighted by molar-refractivity contribution is 7.59. The van der Waals surface area contributed by atoms with Crippen molar-refractivity contribution >= 4 is 19.5 Å². The molecule has 3 heterocycles. The van der Waals surface area contributed by atoms with Crippen molar-refractivity contribution in [3.05, 3.63) is 65.5 Å². The number of rotatable bonds is 5. The van der Waals surface area contributed by atoms with E-state index in [0.29, 0.717) is 13.1 Å². The summed E-state index contributed by atoms with van der Waals surface area (Å²) >= 11 is 0. The van der Waals surface area contributed by atoms with Crippen LogP contribution in [0.15, 0.2) is 48.7 Å². The molecule has 2 N–H and O–H groups in total. The van der Waals surface area contributed by atoms with E-state index >= 15 is 0 Å². The van der Waals surface area contributed by atoms with E-state index < -0.39 is 6.10 Å². The van der Waals surface area contributed by atoms with Crippen LogP contribution in [-0.2, 0) is 13.0 Å². The van der Waals surface area contributed by atoms with Crippen LogP contribution in [0.1, 0.15) is 35.6 Å². The summed E-state index contributed by atoms with van der Waals surface area (Å²) in [5.41, 5.74) is 3.79. The van der Waals surface area contributed by atoms with Crippen LogP contribution in [0.2, 0.25) is 0 Å². The number of pyridine rings is 1. The first kappa shape index (κ1) is 22.6. The van der Waals surface area contributed by atoms with Crippen LogP contribution in [0.5, 0.6) is 0 Å². The first-order valence-corrected chi connectivity index (χ1v) is 10.6. The Morgan fingerprint density at radius 2 is 1.97 bits per heavy atom. The van der Waals surface area contributed by atoms with Gasteiger partial charge in [-0.1, -0.05) is 30.3 Å². The summed E-state index contributed by atoms with van der Waals surface area (Å²) in [6.45, 7) is 4.10. The molecule has 0 spiro atoms. The summed E-state index contributed by atoms with van der Waals surface area (Å²) in [7, 11) is 0. The number of benzene rings is 1. The lowest BCUT2D eigenvalue weighted by molar-refractivity contribution is 0.102. The molecule has 2 aliphatic heterocycles. The van der Waals surface area contributed by atoms with Gasteiger partial charge in [0.1, 0.15) is 0 Å². The van der Waals surface area contributed by atoms with E-state index in [1.165, 1.54) is 11.1 Å². The van der Waals surface area contributed by atoms with Crippen molar-refractivity contribution < 1.29 is 9.90 Å². The molecule has 1 saturated heterocycles. The van der Waals surface area contributed by atoms with E-state index in [-0.39, 0.29) is 32.0 Å². The number of nitrogens with one attached hydrogen (secondary N) is 1. The third-order valence-electron chi connectivity index (χ3n) is 5.98. The fraction of sp³-hybridized carbons (Fsp3) is 0.478. The number of hydrogen-bond acceptors (Lipinski definition) is 4. The maximum absolute atomic E-state index is 12.6. The van der Waals surface area contributed by atoms with Crippen LogP contribution in [0.3, 0.4) is 0 Å². The number of amides is 2. The number of piperidine rings is 1. The van der Waals surface area contributed by atoms with Gasteiger partial charge in [-0.25, -0.2) is 4.79 Å². The van der Waals surface area contributed by atoms with Crippen molar-refractivity contribution in [3.63, 3.8) is 0 Å². The van der Waals surface area contributed by atoms with Crippen molar-refractivity contribution in [1.29, 1.82) is 0 Å². The minimum Gasteiger partial charge on any atom is -0.390 e. The fourth-order valence-corrected chi connectivity index (χ4v) is 4.41. The van der Waals surface area contributed by atoms with Gasteiger partial charge in [0.2, 0.25) is 0 Å². The van der Waals surface area contributed by atoms with Gasteiger partial charge in [0.05, 0.1) is 6.10 Å². The molecule has 2 amide bonds. The van der Waals surface area contributed by atoms with Crippen molar-refractivity contribution in [2.45, 2.75) is 37.8 Å². The minimum absolute atomic E-state index is 0. The van der Waals surface area contributed by atoms with E-state index in [4.69, 9.17) is 0 Å². The Morgan fingerprint density at radius 1 is 1.17 bits per heavy atom. The second-order valence-electron chi connectivity index (χ2n) is 8.13. The van der Waals surface area contributed by atoms with Gasteiger partial charge in [0, 0.05) is 57.1 Å². The Bertz CT molecular complexity index is 820. The highest BCUT2D eigenvalue weighted by atomic mass is 32.1. The van der Waals surface area contributed by atoms with Crippen LogP contribution in [-0.4, -0.2) is 64.7 Å². The summed E-state index contributed by atoms with van der Waals surface area (Å²) in [5, 5.41) is 13.4. The first-order valence-electron chi connectivity index (χ1n) is 10.6. The molecule has 0 bridgehead atoms. The molecule has 2 atom stereocenters. The lowest BCUT2D eigenvalue weighted by Crippen LogP contribution is -2.48. The van der Waals surface area contributed by atoms with Crippen molar-refractivity contribution in [3.8, 4) is 0 Å². The van der Waals surface area contributed by atoms with Gasteiger partial charge in [-0.2, -0.15) is 13.5 Å². The Balaban J connectivity index is 0.00000256. The monoisotopic (exact) mass is 428 g/mol. The fourth-order valence-electron chi connectivity index (χ4n) is 4.41. The van der Waals surface area contributed by atoms with Crippen LogP contribution in [0.25, 0.3) is 0 Å². The smallest absolute Gasteiger partial charge is 0.317 e. The van der Waals surface area contributed by atoms with Gasteiger partial charge in [-0.05, 0) is 42.5 Å². The number of hydrogen-bond donors (Lipinski definition) is 2. The maximum atomic E-state index is 12.6. The minimum atomic E-state index is -0.569. The lowest BCUT2D eigenvalue weighted by Gasteiger charge is -2.33. The topological polar surface area (TPSA) is 68.7 Å². The zero-order chi connectivity index (χ0) is 20.1. The molecule has 0 aliphatic carbocycles. The van der Waals surface area contributed by atoms with E-state index in [1.807, 2.05) is 29.3 Å². The third kappa shape index (κ3) is 5.74. The summed E-state index contributed by atoms with van der Waals surface area (Å²) < 4.78 is 0. The molecule has 1 aromatic heterocycles. The number of β-amino-alcohol motifs (C(OH)–C–C–N with tert-alkyl or cyclic N) is 1. The lowest BCUT2D eigenvalue weighted by atomic mass is 9.94. The summed E-state index contributed by atoms with van der Waals surface area (Å²) in [6.07, 6.45) is 4.28. The Labute approximate surface area is 185 Å². The zero-order valence-electron chi connectivity index (χ0n) is 17.3. The number of likely N-dealkylation sites (tertiary alicyclic amines) is 1. The number of urea groups is 1. The molecule has 0 radical (unpaired) electrons. The second-order valence-corrected chi connectivity index (χ2v) is 8.13. The number of nitrogens with zero attached hydrogens (tertiary/aromatic N) is 3. The molecule has 6 nitrogen and oxygen atoms in total. The van der Waals surface area contributed by atoms with Crippen LogP contribution in [0, 0.1) is 0 Å². The number of aliphatic hydroxyl groups is 1. The van der Waals surface area contributed by atoms with E-state index in [1.54, 1.807) is 0 Å². The predicted octanol–water partition coefficient (Wildman–Crippen LogP) is 2.50.